The Hall–Kier alpha value is -0.900. The van der Waals surface area contributed by atoms with Crippen molar-refractivity contribution in [3.63, 3.8) is 0 Å². The SMILES string of the molecule is C=CCOC(CCCC)C(CC)[N+](=O)[O-]. The Morgan fingerprint density at radius 3 is 2.60 bits per heavy atom. The number of hydrogen-bond donors (Lipinski definition) is 0. The highest BCUT2D eigenvalue weighted by atomic mass is 16.6. The summed E-state index contributed by atoms with van der Waals surface area (Å²) in [6.45, 7) is 7.83. The Morgan fingerprint density at radius 2 is 2.20 bits per heavy atom. The number of unbranched alkanes of at least 4 members (excludes halogenated alkanes) is 1. The van der Waals surface area contributed by atoms with E-state index in [0.29, 0.717) is 13.0 Å². The van der Waals surface area contributed by atoms with E-state index in [4.69, 9.17) is 4.74 Å². The molecule has 4 heteroatoms. The highest BCUT2D eigenvalue weighted by Crippen LogP contribution is 2.14. The molecular formula is C11H21NO3. The maximum atomic E-state index is 10.8. The van der Waals surface area contributed by atoms with Gasteiger partial charge in [-0.1, -0.05) is 32.8 Å². The number of hydrogen-bond acceptors (Lipinski definition) is 3. The van der Waals surface area contributed by atoms with Crippen LogP contribution >= 0.6 is 0 Å². The molecule has 0 aromatic heterocycles. The zero-order valence-corrected chi connectivity index (χ0v) is 9.65. The molecule has 88 valence electrons. The molecule has 0 bridgehead atoms. The van der Waals surface area contributed by atoms with Crippen molar-refractivity contribution in [1.29, 1.82) is 0 Å². The van der Waals surface area contributed by atoms with Gasteiger partial charge in [0, 0.05) is 11.3 Å². The molecule has 0 fully saturated rings. The first-order chi connectivity index (χ1) is 7.17. The van der Waals surface area contributed by atoms with Crippen LogP contribution in [0.1, 0.15) is 39.5 Å². The minimum atomic E-state index is -0.587. The standard InChI is InChI=1S/C11H21NO3/c1-4-7-8-11(15-9-5-2)10(6-3)12(13)14/h5,10-11H,2,4,6-9H2,1,3H3. The van der Waals surface area contributed by atoms with Crippen LogP contribution in [0.3, 0.4) is 0 Å². The zero-order valence-electron chi connectivity index (χ0n) is 9.65. The van der Waals surface area contributed by atoms with Crippen LogP contribution in [0.2, 0.25) is 0 Å². The molecule has 0 N–H and O–H groups in total. The first kappa shape index (κ1) is 14.1. The molecular weight excluding hydrogens is 194 g/mol. The average Bonchev–Trinajstić information content (AvgIpc) is 2.21. The van der Waals surface area contributed by atoms with E-state index in [9.17, 15) is 10.1 Å². The molecule has 0 rings (SSSR count). The van der Waals surface area contributed by atoms with Gasteiger partial charge in [0.2, 0.25) is 6.04 Å². The normalized spacial score (nSPS) is 14.5. The monoisotopic (exact) mass is 215 g/mol. The Labute approximate surface area is 91.5 Å². The van der Waals surface area contributed by atoms with E-state index in [0.717, 1.165) is 19.3 Å². The van der Waals surface area contributed by atoms with Gasteiger partial charge in [0.15, 0.2) is 0 Å². The summed E-state index contributed by atoms with van der Waals surface area (Å²) in [5, 5.41) is 10.8. The molecule has 0 aliphatic carbocycles. The average molecular weight is 215 g/mol. The van der Waals surface area contributed by atoms with Crippen molar-refractivity contribution in [3.05, 3.63) is 22.8 Å². The van der Waals surface area contributed by atoms with Crippen molar-refractivity contribution >= 4 is 0 Å². The summed E-state index contributed by atoms with van der Waals surface area (Å²) in [7, 11) is 0. The number of ether oxygens (including phenoxy) is 1. The molecule has 4 nitrogen and oxygen atoms in total. The minimum Gasteiger partial charge on any atom is -0.367 e. The lowest BCUT2D eigenvalue weighted by atomic mass is 10.0. The van der Waals surface area contributed by atoms with Crippen LogP contribution in [0.15, 0.2) is 12.7 Å². The van der Waals surface area contributed by atoms with Gasteiger partial charge in [-0.05, 0) is 6.42 Å². The van der Waals surface area contributed by atoms with E-state index in [1.54, 1.807) is 6.08 Å². The minimum absolute atomic E-state index is 0.233. The Kier molecular flexibility index (Phi) is 7.91. The Balaban J connectivity index is 4.28. The fraction of sp³-hybridized carbons (Fsp3) is 0.818. The summed E-state index contributed by atoms with van der Waals surface area (Å²) >= 11 is 0. The van der Waals surface area contributed by atoms with Crippen molar-refractivity contribution in [2.24, 2.45) is 0 Å². The summed E-state index contributed by atoms with van der Waals surface area (Å²) in [6, 6.07) is -0.587. The summed E-state index contributed by atoms with van der Waals surface area (Å²) in [5.74, 6) is 0. The smallest absolute Gasteiger partial charge is 0.238 e. The van der Waals surface area contributed by atoms with Crippen molar-refractivity contribution in [2.75, 3.05) is 6.61 Å². The van der Waals surface area contributed by atoms with Gasteiger partial charge in [0.1, 0.15) is 6.10 Å². The van der Waals surface area contributed by atoms with Crippen LogP contribution in [0.25, 0.3) is 0 Å². The van der Waals surface area contributed by atoms with Crippen LogP contribution in [-0.4, -0.2) is 23.7 Å². The molecule has 2 unspecified atom stereocenters. The van der Waals surface area contributed by atoms with Gasteiger partial charge in [-0.2, -0.15) is 0 Å². The van der Waals surface area contributed by atoms with E-state index in [2.05, 4.69) is 13.5 Å². The highest BCUT2D eigenvalue weighted by Gasteiger charge is 2.29. The molecule has 2 atom stereocenters. The van der Waals surface area contributed by atoms with Gasteiger partial charge in [-0.15, -0.1) is 6.58 Å². The van der Waals surface area contributed by atoms with Gasteiger partial charge >= 0.3 is 0 Å². The first-order valence-electron chi connectivity index (χ1n) is 5.53. The third-order valence-electron chi connectivity index (χ3n) is 2.39. The van der Waals surface area contributed by atoms with E-state index < -0.39 is 6.04 Å². The molecule has 0 saturated heterocycles. The third kappa shape index (κ3) is 5.52. The van der Waals surface area contributed by atoms with E-state index in [1.807, 2.05) is 6.92 Å². The van der Waals surface area contributed by atoms with Gasteiger partial charge in [0.25, 0.3) is 0 Å². The van der Waals surface area contributed by atoms with Crippen molar-refractivity contribution in [2.45, 2.75) is 51.7 Å². The molecule has 15 heavy (non-hydrogen) atoms. The fourth-order valence-electron chi connectivity index (χ4n) is 1.53. The summed E-state index contributed by atoms with van der Waals surface area (Å²) < 4.78 is 5.45. The maximum absolute atomic E-state index is 10.8. The molecule has 0 spiro atoms. The van der Waals surface area contributed by atoms with Crippen LogP contribution < -0.4 is 0 Å². The third-order valence-corrected chi connectivity index (χ3v) is 2.39. The van der Waals surface area contributed by atoms with Gasteiger partial charge in [-0.25, -0.2) is 0 Å². The van der Waals surface area contributed by atoms with Crippen molar-refractivity contribution < 1.29 is 9.66 Å². The van der Waals surface area contributed by atoms with Gasteiger partial charge < -0.3 is 4.74 Å². The molecule has 0 radical (unpaired) electrons. The van der Waals surface area contributed by atoms with Crippen LogP contribution in [0.4, 0.5) is 0 Å². The molecule has 0 aromatic rings. The van der Waals surface area contributed by atoms with E-state index in [-0.39, 0.29) is 11.0 Å². The Morgan fingerprint density at radius 1 is 1.53 bits per heavy atom. The van der Waals surface area contributed by atoms with E-state index in [1.165, 1.54) is 0 Å². The second-order valence-corrected chi connectivity index (χ2v) is 3.56. The summed E-state index contributed by atoms with van der Waals surface area (Å²) in [4.78, 5) is 10.6. The lowest BCUT2D eigenvalue weighted by Crippen LogP contribution is -2.35. The fourth-order valence-corrected chi connectivity index (χ4v) is 1.53. The van der Waals surface area contributed by atoms with Crippen molar-refractivity contribution in [3.8, 4) is 0 Å². The number of nitro groups is 1. The quantitative estimate of drug-likeness (QED) is 0.337. The highest BCUT2D eigenvalue weighted by molar-refractivity contribution is 4.72. The lowest BCUT2D eigenvalue weighted by Gasteiger charge is -2.19. The lowest BCUT2D eigenvalue weighted by molar-refractivity contribution is -0.536. The maximum Gasteiger partial charge on any atom is 0.238 e. The van der Waals surface area contributed by atoms with Crippen LogP contribution in [-0.2, 0) is 4.74 Å². The van der Waals surface area contributed by atoms with Crippen LogP contribution in [0, 0.1) is 10.1 Å². The zero-order chi connectivity index (χ0) is 11.7. The van der Waals surface area contributed by atoms with Crippen LogP contribution in [0.5, 0.6) is 0 Å². The molecule has 0 saturated carbocycles. The molecule has 0 aliphatic rings. The second kappa shape index (κ2) is 8.41. The summed E-state index contributed by atoms with van der Waals surface area (Å²) in [6.07, 6.45) is 4.62. The van der Waals surface area contributed by atoms with Crippen molar-refractivity contribution in [1.82, 2.24) is 0 Å². The molecule has 0 aliphatic heterocycles. The summed E-state index contributed by atoms with van der Waals surface area (Å²) in [5.41, 5.74) is 0. The molecule has 0 amide bonds. The van der Waals surface area contributed by atoms with Gasteiger partial charge in [0.05, 0.1) is 6.61 Å². The predicted molar refractivity (Wildman–Crippen MR) is 60.5 cm³/mol. The Bertz CT molecular complexity index is 194. The second-order valence-electron chi connectivity index (χ2n) is 3.56. The number of nitrogens with zero attached hydrogens (tertiary/aromatic N) is 1. The largest absolute Gasteiger partial charge is 0.367 e. The number of rotatable bonds is 9. The molecule has 0 heterocycles. The van der Waals surface area contributed by atoms with Gasteiger partial charge in [-0.3, -0.25) is 10.1 Å². The predicted octanol–water partition coefficient (Wildman–Crippen LogP) is 2.80. The topological polar surface area (TPSA) is 52.4 Å². The molecule has 0 aromatic carbocycles. The first-order valence-corrected chi connectivity index (χ1v) is 5.53. The van der Waals surface area contributed by atoms with E-state index >= 15 is 0 Å².